The van der Waals surface area contributed by atoms with Gasteiger partial charge in [-0.15, -0.1) is 0 Å². The maximum absolute atomic E-state index is 11.8. The molecule has 0 bridgehead atoms. The Morgan fingerprint density at radius 2 is 1.18 bits per heavy atom. The summed E-state index contributed by atoms with van der Waals surface area (Å²) in [5.41, 5.74) is 0. The molecule has 3 fully saturated rings. The highest BCUT2D eigenvalue weighted by Gasteiger charge is 2.52. The lowest BCUT2D eigenvalue weighted by Crippen LogP contribution is -2.68. The number of hydrogen-bond donors (Lipinski definition) is 11. The first-order valence-electron chi connectivity index (χ1n) is 12.6. The van der Waals surface area contributed by atoms with Crippen molar-refractivity contribution in [3.8, 4) is 0 Å². The molecule has 3 aliphatic heterocycles. The molecule has 0 aromatic heterocycles. The molecule has 11 N–H and O–H groups in total. The van der Waals surface area contributed by atoms with Gasteiger partial charge in [0.2, 0.25) is 11.8 Å². The van der Waals surface area contributed by atoms with Gasteiger partial charge in [0.15, 0.2) is 18.9 Å². The standard InChI is InChI=1S/C22H38N2O16/c1-6(27)23-11-16(32)13(29)8(3-25)38-21(11)36-5-10-15(31)19(12(20(35)37-10)24-7(2)28)40-22-18(34)17(33)14(30)9(4-26)39-22/h8-22,25-26,29-35H,3-5H2,1-2H3,(H,23,27)(H,24,28)/t8-,9-,10-,11-,12-,13-,14+,15+,16-,17+,18-,19-,20?,21?,22+/m1/s1. The van der Waals surface area contributed by atoms with Gasteiger partial charge in [-0.2, -0.15) is 0 Å². The third-order valence-corrected chi connectivity index (χ3v) is 6.88. The molecule has 18 heteroatoms. The van der Waals surface area contributed by atoms with Crippen LogP contribution in [-0.4, -0.2) is 170 Å². The highest BCUT2D eigenvalue weighted by Crippen LogP contribution is 2.30. The number of carbonyl (C=O) groups is 2. The Labute approximate surface area is 228 Å². The minimum atomic E-state index is -1.87. The molecule has 18 nitrogen and oxygen atoms in total. The Morgan fingerprint density at radius 1 is 0.650 bits per heavy atom. The van der Waals surface area contributed by atoms with E-state index in [9.17, 15) is 55.5 Å². The van der Waals surface area contributed by atoms with Crippen LogP contribution in [0.5, 0.6) is 0 Å². The van der Waals surface area contributed by atoms with Gasteiger partial charge >= 0.3 is 0 Å². The normalized spacial score (nSPS) is 46.0. The van der Waals surface area contributed by atoms with E-state index in [4.69, 9.17) is 23.7 Å². The van der Waals surface area contributed by atoms with E-state index < -0.39 is 124 Å². The van der Waals surface area contributed by atoms with E-state index in [0.29, 0.717) is 0 Å². The predicted molar refractivity (Wildman–Crippen MR) is 124 cm³/mol. The number of ether oxygens (including phenoxy) is 5. The summed E-state index contributed by atoms with van der Waals surface area (Å²) < 4.78 is 27.4. The van der Waals surface area contributed by atoms with Gasteiger partial charge in [0, 0.05) is 13.8 Å². The second kappa shape index (κ2) is 14.0. The van der Waals surface area contributed by atoms with Crippen molar-refractivity contribution in [1.29, 1.82) is 0 Å². The van der Waals surface area contributed by atoms with Crippen LogP contribution in [0.3, 0.4) is 0 Å². The molecule has 15 atom stereocenters. The average molecular weight is 587 g/mol. The van der Waals surface area contributed by atoms with Crippen LogP contribution in [0.4, 0.5) is 0 Å². The van der Waals surface area contributed by atoms with Crippen molar-refractivity contribution in [2.45, 2.75) is 106 Å². The largest absolute Gasteiger partial charge is 0.394 e. The van der Waals surface area contributed by atoms with Crippen molar-refractivity contribution in [3.05, 3.63) is 0 Å². The zero-order valence-electron chi connectivity index (χ0n) is 21.7. The maximum atomic E-state index is 11.8. The van der Waals surface area contributed by atoms with Gasteiger partial charge in [-0.3, -0.25) is 9.59 Å². The monoisotopic (exact) mass is 586 g/mol. The van der Waals surface area contributed by atoms with Gasteiger partial charge in [0.1, 0.15) is 73.1 Å². The fourth-order valence-electron chi connectivity index (χ4n) is 4.76. The first kappa shape index (κ1) is 32.9. The highest BCUT2D eigenvalue weighted by atomic mass is 16.7. The molecule has 2 unspecified atom stereocenters. The number of carbonyl (C=O) groups excluding carboxylic acids is 2. The number of aliphatic hydroxyl groups excluding tert-OH is 9. The maximum Gasteiger partial charge on any atom is 0.217 e. The van der Waals surface area contributed by atoms with Crippen LogP contribution in [0.2, 0.25) is 0 Å². The number of hydrogen-bond acceptors (Lipinski definition) is 16. The molecule has 0 aromatic carbocycles. The fourth-order valence-corrected chi connectivity index (χ4v) is 4.76. The van der Waals surface area contributed by atoms with E-state index in [1.165, 1.54) is 0 Å². The topological polar surface area (TPSA) is 286 Å². The number of nitrogens with one attached hydrogen (secondary N) is 2. The molecule has 0 radical (unpaired) electrons. The number of rotatable bonds is 9. The van der Waals surface area contributed by atoms with E-state index in [1.807, 2.05) is 0 Å². The van der Waals surface area contributed by atoms with Crippen molar-refractivity contribution >= 4 is 11.8 Å². The van der Waals surface area contributed by atoms with E-state index in [1.54, 1.807) is 0 Å². The van der Waals surface area contributed by atoms with Crippen molar-refractivity contribution in [1.82, 2.24) is 10.6 Å². The fraction of sp³-hybridized carbons (Fsp3) is 0.909. The van der Waals surface area contributed by atoms with Crippen molar-refractivity contribution in [3.63, 3.8) is 0 Å². The number of aliphatic hydroxyl groups is 9. The lowest BCUT2D eigenvalue weighted by atomic mass is 9.95. The first-order valence-corrected chi connectivity index (χ1v) is 12.6. The van der Waals surface area contributed by atoms with Crippen LogP contribution < -0.4 is 10.6 Å². The predicted octanol–water partition coefficient (Wildman–Crippen LogP) is -7.29. The summed E-state index contributed by atoms with van der Waals surface area (Å²) in [6.45, 7) is 0.184. The Balaban J connectivity index is 1.78. The van der Waals surface area contributed by atoms with Crippen LogP contribution in [0.1, 0.15) is 13.8 Å². The van der Waals surface area contributed by atoms with Crippen molar-refractivity contribution in [2.75, 3.05) is 19.8 Å². The summed E-state index contributed by atoms with van der Waals surface area (Å²) in [5.74, 6) is -1.26. The molecule has 3 heterocycles. The third-order valence-electron chi connectivity index (χ3n) is 6.88. The molecule has 0 aromatic rings. The molecule has 3 rings (SSSR count). The summed E-state index contributed by atoms with van der Waals surface area (Å²) in [5, 5.41) is 96.3. The first-order chi connectivity index (χ1) is 18.8. The summed E-state index contributed by atoms with van der Waals surface area (Å²) in [4.78, 5) is 23.4. The zero-order chi connectivity index (χ0) is 29.9. The molecule has 0 aliphatic carbocycles. The van der Waals surface area contributed by atoms with E-state index >= 15 is 0 Å². The highest BCUT2D eigenvalue weighted by molar-refractivity contribution is 5.73. The molecular formula is C22H38N2O16. The van der Waals surface area contributed by atoms with Gasteiger partial charge in [0.05, 0.1) is 19.8 Å². The van der Waals surface area contributed by atoms with Crippen LogP contribution in [0, 0.1) is 0 Å². The molecule has 40 heavy (non-hydrogen) atoms. The second-order valence-corrected chi connectivity index (χ2v) is 9.85. The van der Waals surface area contributed by atoms with Gasteiger partial charge in [-0.25, -0.2) is 0 Å². The van der Waals surface area contributed by atoms with Crippen LogP contribution in [0.15, 0.2) is 0 Å². The third kappa shape index (κ3) is 7.23. The van der Waals surface area contributed by atoms with Crippen molar-refractivity contribution in [2.24, 2.45) is 0 Å². The Bertz CT molecular complexity index is 852. The molecule has 0 spiro atoms. The number of amides is 2. The van der Waals surface area contributed by atoms with E-state index in [2.05, 4.69) is 10.6 Å². The molecule has 232 valence electrons. The minimum Gasteiger partial charge on any atom is -0.394 e. The Morgan fingerprint density at radius 3 is 1.73 bits per heavy atom. The smallest absolute Gasteiger partial charge is 0.217 e. The summed E-state index contributed by atoms with van der Waals surface area (Å²) >= 11 is 0. The lowest BCUT2D eigenvalue weighted by Gasteiger charge is -2.47. The Hall–Kier alpha value is -1.62. The van der Waals surface area contributed by atoms with Crippen LogP contribution in [0.25, 0.3) is 0 Å². The summed E-state index contributed by atoms with van der Waals surface area (Å²) in [6, 6.07) is -2.75. The van der Waals surface area contributed by atoms with Gasteiger partial charge in [-0.05, 0) is 0 Å². The zero-order valence-corrected chi connectivity index (χ0v) is 21.7. The molecule has 2 amide bonds. The minimum absolute atomic E-state index is 0.596. The van der Waals surface area contributed by atoms with Crippen molar-refractivity contribution < 1.29 is 79.2 Å². The molecule has 3 aliphatic rings. The van der Waals surface area contributed by atoms with Gasteiger partial charge in [-0.1, -0.05) is 0 Å². The summed E-state index contributed by atoms with van der Waals surface area (Å²) in [6.07, 6.45) is -21.0. The van der Waals surface area contributed by atoms with Gasteiger partial charge < -0.3 is 80.3 Å². The molecule has 3 saturated heterocycles. The second-order valence-electron chi connectivity index (χ2n) is 9.85. The summed E-state index contributed by atoms with van der Waals surface area (Å²) in [7, 11) is 0. The quantitative estimate of drug-likeness (QED) is 0.120. The van der Waals surface area contributed by atoms with E-state index in [-0.39, 0.29) is 0 Å². The van der Waals surface area contributed by atoms with Crippen LogP contribution >= 0.6 is 0 Å². The van der Waals surface area contributed by atoms with E-state index in [0.717, 1.165) is 13.8 Å². The average Bonchev–Trinajstić information content (AvgIpc) is 2.90. The SMILES string of the molecule is CC(=O)N[C@H]1C(OC[C@H]2OC(O)[C@H](NC(C)=O)[C@@H](O[C@@H]3O[C@H](CO)[C@H](O)[C@H](O)[C@H]3O)[C@H]2O)O[C@H](CO)[C@@H](O)[C@@H]1O. The Kier molecular flexibility index (Phi) is 11.5. The lowest BCUT2D eigenvalue weighted by molar-refractivity contribution is -0.345. The van der Waals surface area contributed by atoms with Gasteiger partial charge in [0.25, 0.3) is 0 Å². The molecular weight excluding hydrogens is 548 g/mol. The molecule has 0 saturated carbocycles. The van der Waals surface area contributed by atoms with Crippen LogP contribution in [-0.2, 0) is 33.3 Å².